The van der Waals surface area contributed by atoms with E-state index in [0.717, 1.165) is 46.9 Å². The number of aryl methyl sites for hydroxylation is 1. The number of carbonyl (C=O) groups excluding carboxylic acids is 1. The SMILES string of the molecule is CCOc1ccc(NC(=O)CSc2nc3c(c(=O)n2-c2cccc(C)c2)[C@H]2CCCC[C@H]2S3)cc1. The van der Waals surface area contributed by atoms with Crippen LogP contribution in [0.1, 0.15) is 49.7 Å². The second-order valence-electron chi connectivity index (χ2n) is 8.93. The van der Waals surface area contributed by atoms with E-state index in [1.807, 2.05) is 62.4 Å². The van der Waals surface area contributed by atoms with Gasteiger partial charge in [-0.1, -0.05) is 36.7 Å². The number of rotatable bonds is 7. The van der Waals surface area contributed by atoms with Crippen molar-refractivity contribution in [3.05, 3.63) is 70.0 Å². The molecule has 1 fully saturated rings. The molecule has 0 unspecified atom stereocenters. The lowest BCUT2D eigenvalue weighted by Gasteiger charge is -2.24. The molecule has 5 rings (SSSR count). The van der Waals surface area contributed by atoms with Crippen molar-refractivity contribution in [2.45, 2.75) is 60.9 Å². The lowest BCUT2D eigenvalue weighted by Crippen LogP contribution is -2.29. The maximum Gasteiger partial charge on any atom is 0.263 e. The molecule has 2 heterocycles. The standard InChI is InChI=1S/C27H29N3O3S2/c1-3-33-20-13-11-18(12-14-20)28-23(31)16-34-27-29-25-24(21-9-4-5-10-22(21)35-25)26(32)30(27)19-8-6-7-17(2)15-19/h6-8,11-15,21-22H,3-5,9-10,16H2,1-2H3,(H,28,31)/t21-,22+/m0/s1. The molecule has 1 saturated carbocycles. The molecule has 2 aliphatic rings. The molecule has 2 atom stereocenters. The van der Waals surface area contributed by atoms with Gasteiger partial charge in [0.1, 0.15) is 10.8 Å². The van der Waals surface area contributed by atoms with Gasteiger partial charge in [0.25, 0.3) is 5.56 Å². The van der Waals surface area contributed by atoms with Crippen LogP contribution in [0.3, 0.4) is 0 Å². The van der Waals surface area contributed by atoms with Gasteiger partial charge < -0.3 is 10.1 Å². The number of amides is 1. The van der Waals surface area contributed by atoms with Crippen molar-refractivity contribution in [1.82, 2.24) is 9.55 Å². The van der Waals surface area contributed by atoms with Gasteiger partial charge in [0.15, 0.2) is 5.16 Å². The largest absolute Gasteiger partial charge is 0.494 e. The number of anilines is 1. The highest BCUT2D eigenvalue weighted by molar-refractivity contribution is 8.00. The van der Waals surface area contributed by atoms with Crippen molar-refractivity contribution in [3.8, 4) is 11.4 Å². The van der Waals surface area contributed by atoms with Gasteiger partial charge in [-0.15, -0.1) is 11.8 Å². The minimum Gasteiger partial charge on any atom is -0.494 e. The van der Waals surface area contributed by atoms with Crippen LogP contribution >= 0.6 is 23.5 Å². The van der Waals surface area contributed by atoms with Gasteiger partial charge in [0, 0.05) is 16.9 Å². The third-order valence-electron chi connectivity index (χ3n) is 6.43. The Kier molecular flexibility index (Phi) is 7.20. The van der Waals surface area contributed by atoms with Crippen LogP contribution in [0.4, 0.5) is 5.69 Å². The topological polar surface area (TPSA) is 73.2 Å². The van der Waals surface area contributed by atoms with Gasteiger partial charge in [-0.3, -0.25) is 14.2 Å². The zero-order valence-corrected chi connectivity index (χ0v) is 21.6. The Morgan fingerprint density at radius 3 is 2.77 bits per heavy atom. The van der Waals surface area contributed by atoms with E-state index < -0.39 is 0 Å². The summed E-state index contributed by atoms with van der Waals surface area (Å²) in [5, 5.41) is 4.77. The third-order valence-corrected chi connectivity index (χ3v) is 8.77. The van der Waals surface area contributed by atoms with Gasteiger partial charge in [-0.2, -0.15) is 0 Å². The zero-order chi connectivity index (χ0) is 24.4. The van der Waals surface area contributed by atoms with Crippen molar-refractivity contribution >= 4 is 35.1 Å². The Morgan fingerprint density at radius 1 is 1.20 bits per heavy atom. The van der Waals surface area contributed by atoms with Crippen LogP contribution in [0.2, 0.25) is 0 Å². The highest BCUT2D eigenvalue weighted by Crippen LogP contribution is 2.50. The van der Waals surface area contributed by atoms with Gasteiger partial charge in [0.2, 0.25) is 5.91 Å². The first-order valence-corrected chi connectivity index (χ1v) is 14.0. The van der Waals surface area contributed by atoms with E-state index in [1.165, 1.54) is 18.2 Å². The van der Waals surface area contributed by atoms with E-state index in [2.05, 4.69) is 5.32 Å². The fourth-order valence-electron chi connectivity index (χ4n) is 4.83. The Hall–Kier alpha value is -2.71. The van der Waals surface area contributed by atoms with Gasteiger partial charge in [-0.05, 0) is 68.7 Å². The van der Waals surface area contributed by atoms with Crippen LogP contribution in [-0.2, 0) is 4.79 Å². The van der Waals surface area contributed by atoms with Crippen molar-refractivity contribution in [1.29, 1.82) is 0 Å². The molecule has 35 heavy (non-hydrogen) atoms. The summed E-state index contributed by atoms with van der Waals surface area (Å²) in [6.07, 6.45) is 4.55. The predicted octanol–water partition coefficient (Wildman–Crippen LogP) is 5.80. The zero-order valence-electron chi connectivity index (χ0n) is 20.0. The summed E-state index contributed by atoms with van der Waals surface area (Å²) < 4.78 is 7.16. The van der Waals surface area contributed by atoms with Crippen LogP contribution < -0.4 is 15.6 Å². The molecule has 1 amide bonds. The maximum atomic E-state index is 13.9. The molecule has 0 bridgehead atoms. The molecule has 1 N–H and O–H groups in total. The number of hydrogen-bond acceptors (Lipinski definition) is 6. The molecule has 2 aromatic carbocycles. The number of ether oxygens (including phenoxy) is 1. The first-order chi connectivity index (χ1) is 17.0. The Bertz CT molecular complexity index is 1290. The molecule has 8 heteroatoms. The summed E-state index contributed by atoms with van der Waals surface area (Å²) in [5.74, 6) is 1.05. The van der Waals surface area contributed by atoms with Gasteiger partial charge in [0.05, 0.1) is 23.6 Å². The number of thioether (sulfide) groups is 2. The van der Waals surface area contributed by atoms with E-state index in [4.69, 9.17) is 9.72 Å². The molecule has 1 aliphatic carbocycles. The van der Waals surface area contributed by atoms with Crippen molar-refractivity contribution in [3.63, 3.8) is 0 Å². The van der Waals surface area contributed by atoms with Crippen molar-refractivity contribution < 1.29 is 9.53 Å². The highest BCUT2D eigenvalue weighted by Gasteiger charge is 2.39. The molecule has 6 nitrogen and oxygen atoms in total. The minimum atomic E-state index is -0.147. The normalized spacial score (nSPS) is 18.6. The lowest BCUT2D eigenvalue weighted by molar-refractivity contribution is -0.113. The number of nitrogens with zero attached hydrogens (tertiary/aromatic N) is 2. The van der Waals surface area contributed by atoms with E-state index in [1.54, 1.807) is 16.3 Å². The second-order valence-corrected chi connectivity index (χ2v) is 11.1. The molecule has 0 saturated heterocycles. The average molecular weight is 508 g/mol. The summed E-state index contributed by atoms with van der Waals surface area (Å²) in [5.41, 5.74) is 3.45. The molecule has 0 radical (unpaired) electrons. The Morgan fingerprint density at radius 2 is 2.00 bits per heavy atom. The monoisotopic (exact) mass is 507 g/mol. The smallest absolute Gasteiger partial charge is 0.263 e. The Balaban J connectivity index is 1.41. The molecular weight excluding hydrogens is 478 g/mol. The van der Waals surface area contributed by atoms with Crippen LogP contribution in [0.25, 0.3) is 5.69 Å². The van der Waals surface area contributed by atoms with Crippen LogP contribution in [0.15, 0.2) is 63.5 Å². The number of carbonyl (C=O) groups is 1. The fourth-order valence-corrected chi connectivity index (χ4v) is 7.21. The molecule has 1 aliphatic heterocycles. The molecular formula is C27H29N3O3S2. The summed E-state index contributed by atoms with van der Waals surface area (Å²) in [7, 11) is 0. The van der Waals surface area contributed by atoms with Gasteiger partial charge in [-0.25, -0.2) is 4.98 Å². The molecule has 182 valence electrons. The summed E-state index contributed by atoms with van der Waals surface area (Å²) in [6.45, 7) is 4.54. The minimum absolute atomic E-state index is 0.0110. The number of fused-ring (bicyclic) bond motifs is 3. The average Bonchev–Trinajstić information content (AvgIpc) is 3.23. The van der Waals surface area contributed by atoms with E-state index in [-0.39, 0.29) is 23.1 Å². The van der Waals surface area contributed by atoms with Crippen molar-refractivity contribution in [2.24, 2.45) is 0 Å². The summed E-state index contributed by atoms with van der Waals surface area (Å²) in [4.78, 5) is 31.5. The van der Waals surface area contributed by atoms with Crippen LogP contribution in [0, 0.1) is 6.92 Å². The maximum absolute atomic E-state index is 13.9. The van der Waals surface area contributed by atoms with Crippen molar-refractivity contribution in [2.75, 3.05) is 17.7 Å². The van der Waals surface area contributed by atoms with E-state index in [9.17, 15) is 9.59 Å². The quantitative estimate of drug-likeness (QED) is 0.247. The van der Waals surface area contributed by atoms with E-state index in [0.29, 0.717) is 22.7 Å². The molecule has 0 spiro atoms. The van der Waals surface area contributed by atoms with Crippen LogP contribution in [-0.4, -0.2) is 33.1 Å². The first-order valence-electron chi connectivity index (χ1n) is 12.1. The number of hydrogen-bond donors (Lipinski definition) is 1. The first kappa shape index (κ1) is 24.0. The van der Waals surface area contributed by atoms with E-state index >= 15 is 0 Å². The number of nitrogens with one attached hydrogen (secondary N) is 1. The lowest BCUT2D eigenvalue weighted by atomic mass is 9.85. The number of benzene rings is 2. The Labute approximate surface area is 213 Å². The molecule has 1 aromatic heterocycles. The highest BCUT2D eigenvalue weighted by atomic mass is 32.2. The van der Waals surface area contributed by atoms with Gasteiger partial charge >= 0.3 is 0 Å². The fraction of sp³-hybridized carbons (Fsp3) is 0.370. The third kappa shape index (κ3) is 5.14. The molecule has 3 aromatic rings. The number of aromatic nitrogens is 2. The summed E-state index contributed by atoms with van der Waals surface area (Å²) in [6, 6.07) is 15.2. The predicted molar refractivity (Wildman–Crippen MR) is 142 cm³/mol. The summed E-state index contributed by atoms with van der Waals surface area (Å²) >= 11 is 3.05. The second kappa shape index (κ2) is 10.5. The van der Waals surface area contributed by atoms with Crippen LogP contribution in [0.5, 0.6) is 5.75 Å².